The molecule has 0 atom stereocenters. The van der Waals surface area contributed by atoms with Gasteiger partial charge >= 0.3 is 12.1 Å². The Hall–Kier alpha value is -3.36. The number of amides is 1. The number of likely N-dealkylation sites (N-methyl/N-ethyl adjacent to an activating group) is 1. The number of carbonyl (C=O) groups excluding carboxylic acids is 1. The first-order valence-electron chi connectivity index (χ1n) is 12.4. The molecule has 0 aromatic heterocycles. The van der Waals surface area contributed by atoms with Crippen LogP contribution in [0.15, 0.2) is 52.4 Å². The van der Waals surface area contributed by atoms with Crippen LogP contribution in [0.2, 0.25) is 5.02 Å². The molecular formula is C26H32ClF3N4O6S. The van der Waals surface area contributed by atoms with Crippen molar-refractivity contribution in [2.45, 2.75) is 30.3 Å². The summed E-state index contributed by atoms with van der Waals surface area (Å²) in [7, 11) is 0.872. The molecule has 2 aromatic carbocycles. The van der Waals surface area contributed by atoms with Crippen LogP contribution < -0.4 is 10.1 Å². The van der Waals surface area contributed by atoms with E-state index < -0.39 is 22.2 Å². The van der Waals surface area contributed by atoms with Crippen molar-refractivity contribution in [2.75, 3.05) is 47.4 Å². The van der Waals surface area contributed by atoms with Crippen molar-refractivity contribution in [2.24, 2.45) is 4.99 Å². The van der Waals surface area contributed by atoms with Crippen LogP contribution in [0.1, 0.15) is 24.0 Å². The summed E-state index contributed by atoms with van der Waals surface area (Å²) in [5, 5.41) is 10.7. The second-order valence-electron chi connectivity index (χ2n) is 8.95. The number of amidine groups is 1. The lowest BCUT2D eigenvalue weighted by molar-refractivity contribution is -0.192. The molecule has 3 rings (SSSR count). The molecule has 15 heteroatoms. The number of benzene rings is 2. The molecule has 0 fully saturated rings. The van der Waals surface area contributed by atoms with Crippen LogP contribution in [0.25, 0.3) is 0 Å². The lowest BCUT2D eigenvalue weighted by atomic mass is 10.1. The molecule has 10 nitrogen and oxygen atoms in total. The van der Waals surface area contributed by atoms with Gasteiger partial charge in [0.1, 0.15) is 16.5 Å². The molecule has 0 bridgehead atoms. The fraction of sp³-hybridized carbons (Fsp3) is 0.423. The van der Waals surface area contributed by atoms with Gasteiger partial charge in [-0.1, -0.05) is 35.9 Å². The standard InChI is InChI=1S/C24H31ClN4O4S.C2HF3O2/c1-28(16-12-18-6-8-19(9-7-18)24-26-13-14-27-24)23(30)5-4-15-29(2)34(31,32)22-17-20(25)10-11-21(22)33-3;3-2(4,5)1(6)7/h6-11,17H,4-5,12-16H2,1-3H3,(H,26,27);(H,6,7). The maximum atomic E-state index is 12.9. The first-order valence-corrected chi connectivity index (χ1v) is 14.2. The van der Waals surface area contributed by atoms with E-state index >= 15 is 0 Å². The largest absolute Gasteiger partial charge is 0.495 e. The van der Waals surface area contributed by atoms with Crippen molar-refractivity contribution in [3.8, 4) is 5.75 Å². The molecular weight excluding hydrogens is 589 g/mol. The number of hydrogen-bond acceptors (Lipinski definition) is 7. The number of carbonyl (C=O) groups is 2. The van der Waals surface area contributed by atoms with E-state index in [0.29, 0.717) is 18.0 Å². The van der Waals surface area contributed by atoms with Gasteiger partial charge in [0.25, 0.3) is 0 Å². The lowest BCUT2D eigenvalue weighted by Gasteiger charge is -2.20. The highest BCUT2D eigenvalue weighted by Crippen LogP contribution is 2.29. The number of hydrogen-bond donors (Lipinski definition) is 2. The van der Waals surface area contributed by atoms with Gasteiger partial charge in [0, 0.05) is 50.7 Å². The Kier molecular flexibility index (Phi) is 12.4. The molecule has 2 N–H and O–H groups in total. The van der Waals surface area contributed by atoms with Gasteiger partial charge < -0.3 is 20.1 Å². The predicted molar refractivity (Wildman–Crippen MR) is 148 cm³/mol. The molecule has 1 amide bonds. The Labute approximate surface area is 241 Å². The summed E-state index contributed by atoms with van der Waals surface area (Å²) in [5.74, 6) is -1.62. The van der Waals surface area contributed by atoms with E-state index in [1.165, 1.54) is 30.6 Å². The molecule has 1 heterocycles. The number of ether oxygens (including phenoxy) is 1. The number of carboxylic acid groups (broad SMARTS) is 1. The van der Waals surface area contributed by atoms with Crippen LogP contribution in [-0.2, 0) is 26.0 Å². The van der Waals surface area contributed by atoms with E-state index in [9.17, 15) is 26.4 Å². The summed E-state index contributed by atoms with van der Waals surface area (Å²) < 4.78 is 64.0. The zero-order valence-electron chi connectivity index (χ0n) is 22.7. The summed E-state index contributed by atoms with van der Waals surface area (Å²) in [6.45, 7) is 2.48. The van der Waals surface area contributed by atoms with Gasteiger partial charge in [-0.2, -0.15) is 13.2 Å². The number of nitrogens with one attached hydrogen (secondary N) is 1. The zero-order valence-corrected chi connectivity index (χ0v) is 24.3. The highest BCUT2D eigenvalue weighted by Gasteiger charge is 2.38. The number of nitrogens with zero attached hydrogens (tertiary/aromatic N) is 3. The van der Waals surface area contributed by atoms with Crippen LogP contribution in [-0.4, -0.2) is 94.0 Å². The first-order chi connectivity index (χ1) is 19.2. The predicted octanol–water partition coefficient (Wildman–Crippen LogP) is 3.43. The van der Waals surface area contributed by atoms with E-state index in [1.54, 1.807) is 18.0 Å². The van der Waals surface area contributed by atoms with Crippen molar-refractivity contribution in [3.63, 3.8) is 0 Å². The first kappa shape index (κ1) is 33.8. The summed E-state index contributed by atoms with van der Waals surface area (Å²) in [4.78, 5) is 27.5. The minimum atomic E-state index is -5.08. The number of aliphatic imine (C=N–C) groups is 1. The Bertz CT molecular complexity index is 1340. The summed E-state index contributed by atoms with van der Waals surface area (Å²) >= 11 is 5.98. The van der Waals surface area contributed by atoms with E-state index in [4.69, 9.17) is 26.2 Å². The maximum Gasteiger partial charge on any atom is 0.490 e. The fourth-order valence-electron chi connectivity index (χ4n) is 3.63. The zero-order chi connectivity index (χ0) is 30.8. The molecule has 226 valence electrons. The normalized spacial score (nSPS) is 13.1. The Morgan fingerprint density at radius 2 is 1.76 bits per heavy atom. The maximum absolute atomic E-state index is 12.9. The summed E-state index contributed by atoms with van der Waals surface area (Å²) in [6, 6.07) is 12.7. The molecule has 41 heavy (non-hydrogen) atoms. The molecule has 0 saturated heterocycles. The third-order valence-corrected chi connectivity index (χ3v) is 8.10. The molecule has 0 saturated carbocycles. The highest BCUT2D eigenvalue weighted by atomic mass is 35.5. The van der Waals surface area contributed by atoms with Crippen molar-refractivity contribution >= 4 is 39.3 Å². The lowest BCUT2D eigenvalue weighted by Crippen LogP contribution is -2.31. The smallest absolute Gasteiger partial charge is 0.490 e. The van der Waals surface area contributed by atoms with Gasteiger partial charge in [-0.3, -0.25) is 9.79 Å². The van der Waals surface area contributed by atoms with Crippen molar-refractivity contribution in [3.05, 3.63) is 58.6 Å². The van der Waals surface area contributed by atoms with Gasteiger partial charge in [0.2, 0.25) is 15.9 Å². The minimum Gasteiger partial charge on any atom is -0.495 e. The Balaban J connectivity index is 0.000000745. The topological polar surface area (TPSA) is 129 Å². The van der Waals surface area contributed by atoms with Crippen LogP contribution in [0.5, 0.6) is 5.75 Å². The molecule has 0 unspecified atom stereocenters. The molecule has 1 aliphatic rings. The second-order valence-corrected chi connectivity index (χ2v) is 11.4. The highest BCUT2D eigenvalue weighted by molar-refractivity contribution is 7.89. The van der Waals surface area contributed by atoms with Crippen molar-refractivity contribution in [1.29, 1.82) is 0 Å². The fourth-order valence-corrected chi connectivity index (χ4v) is 5.25. The molecule has 0 radical (unpaired) electrons. The van der Waals surface area contributed by atoms with Gasteiger partial charge in [-0.05, 0) is 36.6 Å². The number of sulfonamides is 1. The third-order valence-electron chi connectivity index (χ3n) is 5.98. The van der Waals surface area contributed by atoms with Crippen molar-refractivity contribution < 1.29 is 41.0 Å². The van der Waals surface area contributed by atoms with E-state index in [-0.39, 0.29) is 29.5 Å². The molecule has 0 aliphatic carbocycles. The minimum absolute atomic E-state index is 0.00949. The monoisotopic (exact) mass is 620 g/mol. The molecule has 2 aromatic rings. The number of halogens is 4. The summed E-state index contributed by atoms with van der Waals surface area (Å²) in [6.07, 6.45) is -3.68. The quantitative estimate of drug-likeness (QED) is 0.394. The van der Waals surface area contributed by atoms with E-state index in [2.05, 4.69) is 22.4 Å². The van der Waals surface area contributed by atoms with E-state index in [1.807, 2.05) is 12.1 Å². The van der Waals surface area contributed by atoms with Crippen LogP contribution >= 0.6 is 11.6 Å². The van der Waals surface area contributed by atoms with E-state index in [0.717, 1.165) is 36.5 Å². The number of rotatable bonds is 11. The summed E-state index contributed by atoms with van der Waals surface area (Å²) in [5.41, 5.74) is 2.21. The van der Waals surface area contributed by atoms with Gasteiger partial charge in [0.15, 0.2) is 0 Å². The average Bonchev–Trinajstić information content (AvgIpc) is 3.46. The average molecular weight is 621 g/mol. The van der Waals surface area contributed by atoms with Crippen LogP contribution in [0, 0.1) is 0 Å². The van der Waals surface area contributed by atoms with Gasteiger partial charge in [0.05, 0.1) is 13.7 Å². The Morgan fingerprint density at radius 3 is 2.29 bits per heavy atom. The number of carboxylic acids is 1. The number of aliphatic carboxylic acids is 1. The number of alkyl halides is 3. The molecule has 0 spiro atoms. The molecule has 1 aliphatic heterocycles. The van der Waals surface area contributed by atoms with Gasteiger partial charge in [-0.15, -0.1) is 0 Å². The third kappa shape index (κ3) is 10.2. The Morgan fingerprint density at radius 1 is 1.12 bits per heavy atom. The van der Waals surface area contributed by atoms with Crippen LogP contribution in [0.4, 0.5) is 13.2 Å². The van der Waals surface area contributed by atoms with Crippen LogP contribution in [0.3, 0.4) is 0 Å². The number of methoxy groups -OCH3 is 1. The van der Waals surface area contributed by atoms with Crippen molar-refractivity contribution in [1.82, 2.24) is 14.5 Å². The SMILES string of the molecule is COc1ccc(Cl)cc1S(=O)(=O)N(C)CCCC(=O)N(C)CCc1ccc(C2=NCCN2)cc1.O=C(O)C(F)(F)F. The van der Waals surface area contributed by atoms with Gasteiger partial charge in [-0.25, -0.2) is 17.5 Å². The second kappa shape index (κ2) is 15.0.